The number of carbonyl (C=O) groups excluding carboxylic acids is 1. The zero-order valence-corrected chi connectivity index (χ0v) is 13.0. The van der Waals surface area contributed by atoms with Crippen LogP contribution < -0.4 is 11.1 Å². The molecule has 1 heterocycles. The minimum atomic E-state index is -0.323. The van der Waals surface area contributed by atoms with Gasteiger partial charge in [0.2, 0.25) is 0 Å². The van der Waals surface area contributed by atoms with Crippen LogP contribution in [0.25, 0.3) is 0 Å². The maximum Gasteiger partial charge on any atom is 0.258 e. The van der Waals surface area contributed by atoms with Crippen LogP contribution in [-0.2, 0) is 5.41 Å². The van der Waals surface area contributed by atoms with E-state index in [1.54, 1.807) is 0 Å². The number of pyridine rings is 1. The molecule has 1 aromatic carbocycles. The quantitative estimate of drug-likeness (QED) is 0.828. The molecule has 0 aliphatic rings. The van der Waals surface area contributed by atoms with Crippen molar-refractivity contribution in [3.63, 3.8) is 0 Å². The van der Waals surface area contributed by atoms with E-state index in [2.05, 4.69) is 31.1 Å². The van der Waals surface area contributed by atoms with Crippen LogP contribution in [0.15, 0.2) is 36.5 Å². The van der Waals surface area contributed by atoms with E-state index in [0.717, 1.165) is 11.3 Å². The largest absolute Gasteiger partial charge is 0.397 e. The topological polar surface area (TPSA) is 68.0 Å². The molecule has 110 valence electrons. The van der Waals surface area contributed by atoms with Crippen LogP contribution in [0.3, 0.4) is 0 Å². The van der Waals surface area contributed by atoms with Crippen LogP contribution in [0.1, 0.15) is 36.7 Å². The predicted molar refractivity (Wildman–Crippen MR) is 86.8 cm³/mol. The second kappa shape index (κ2) is 5.74. The Morgan fingerprint density at radius 3 is 2.62 bits per heavy atom. The Kier molecular flexibility index (Phi) is 4.19. The Morgan fingerprint density at radius 2 is 1.95 bits per heavy atom. The highest BCUT2D eigenvalue weighted by atomic mass is 35.5. The number of amides is 1. The Hall–Kier alpha value is -2.07. The maximum absolute atomic E-state index is 12.4. The minimum absolute atomic E-state index is 0.0817. The van der Waals surface area contributed by atoms with Crippen LogP contribution in [0, 0.1) is 0 Å². The van der Waals surface area contributed by atoms with Crippen LogP contribution >= 0.6 is 11.6 Å². The number of anilines is 2. The molecule has 2 aromatic rings. The monoisotopic (exact) mass is 303 g/mol. The Balaban J connectivity index is 2.35. The summed E-state index contributed by atoms with van der Waals surface area (Å²) in [5.74, 6) is -0.323. The van der Waals surface area contributed by atoms with Gasteiger partial charge in [-0.1, -0.05) is 50.6 Å². The molecule has 1 amide bonds. The average molecular weight is 304 g/mol. The third-order valence-electron chi connectivity index (χ3n) is 3.09. The van der Waals surface area contributed by atoms with Crippen LogP contribution in [0.5, 0.6) is 0 Å². The molecule has 0 spiro atoms. The Morgan fingerprint density at radius 1 is 1.29 bits per heavy atom. The van der Waals surface area contributed by atoms with Gasteiger partial charge in [-0.05, 0) is 23.1 Å². The summed E-state index contributed by atoms with van der Waals surface area (Å²) in [5.41, 5.74) is 8.04. The zero-order valence-electron chi connectivity index (χ0n) is 12.3. The van der Waals surface area contributed by atoms with Gasteiger partial charge in [-0.3, -0.25) is 4.79 Å². The van der Waals surface area contributed by atoms with Gasteiger partial charge in [-0.2, -0.15) is 0 Å². The first kappa shape index (κ1) is 15.3. The summed E-state index contributed by atoms with van der Waals surface area (Å²) in [6, 6.07) is 9.21. The van der Waals surface area contributed by atoms with Crippen molar-refractivity contribution in [3.05, 3.63) is 52.8 Å². The van der Waals surface area contributed by atoms with E-state index < -0.39 is 0 Å². The average Bonchev–Trinajstić information content (AvgIpc) is 2.41. The van der Waals surface area contributed by atoms with Crippen LogP contribution in [0.2, 0.25) is 5.15 Å². The van der Waals surface area contributed by atoms with Gasteiger partial charge in [-0.15, -0.1) is 0 Å². The summed E-state index contributed by atoms with van der Waals surface area (Å²) in [6.07, 6.45) is 1.42. The van der Waals surface area contributed by atoms with Crippen LogP contribution in [-0.4, -0.2) is 10.9 Å². The van der Waals surface area contributed by atoms with Crippen molar-refractivity contribution in [1.29, 1.82) is 0 Å². The summed E-state index contributed by atoms with van der Waals surface area (Å²) in [4.78, 5) is 16.3. The first-order chi connectivity index (χ1) is 9.79. The number of hydrogen-bond donors (Lipinski definition) is 2. The highest BCUT2D eigenvalue weighted by molar-refractivity contribution is 6.33. The molecular formula is C16H18ClN3O. The molecule has 0 saturated carbocycles. The standard InChI is InChI=1S/C16H18ClN3O/c1-16(2,3)12-6-4-5-7-13(12)20-15(21)11-8-10(18)9-19-14(11)17/h4-9H,18H2,1-3H3,(H,20,21). The van der Waals surface area contributed by atoms with Gasteiger partial charge < -0.3 is 11.1 Å². The van der Waals surface area contributed by atoms with E-state index in [0.29, 0.717) is 5.69 Å². The van der Waals surface area contributed by atoms with E-state index in [4.69, 9.17) is 17.3 Å². The van der Waals surface area contributed by atoms with Crippen LogP contribution in [0.4, 0.5) is 11.4 Å². The molecule has 0 aliphatic carbocycles. The molecule has 4 nitrogen and oxygen atoms in total. The van der Waals surface area contributed by atoms with Crippen molar-refractivity contribution in [3.8, 4) is 0 Å². The number of nitrogen functional groups attached to an aromatic ring is 1. The maximum atomic E-state index is 12.4. The molecular weight excluding hydrogens is 286 g/mol. The summed E-state index contributed by atoms with van der Waals surface area (Å²) in [6.45, 7) is 6.27. The number of carbonyl (C=O) groups is 1. The van der Waals surface area contributed by atoms with Gasteiger partial charge in [0.15, 0.2) is 0 Å². The lowest BCUT2D eigenvalue weighted by atomic mass is 9.86. The fraction of sp³-hybridized carbons (Fsp3) is 0.250. The van der Waals surface area contributed by atoms with E-state index >= 15 is 0 Å². The summed E-state index contributed by atoms with van der Waals surface area (Å²) < 4.78 is 0. The number of halogens is 1. The number of nitrogens with zero attached hydrogens (tertiary/aromatic N) is 1. The van der Waals surface area contributed by atoms with Gasteiger partial charge >= 0.3 is 0 Å². The lowest BCUT2D eigenvalue weighted by Gasteiger charge is -2.23. The van der Waals surface area contributed by atoms with Gasteiger partial charge in [0.1, 0.15) is 5.15 Å². The number of benzene rings is 1. The second-order valence-corrected chi connectivity index (χ2v) is 6.21. The number of aromatic nitrogens is 1. The SMILES string of the molecule is CC(C)(C)c1ccccc1NC(=O)c1cc(N)cnc1Cl. The first-order valence-corrected chi connectivity index (χ1v) is 6.98. The van der Waals surface area contributed by atoms with E-state index in [1.165, 1.54) is 12.3 Å². The molecule has 0 atom stereocenters. The van der Waals surface area contributed by atoms with E-state index in [1.807, 2.05) is 24.3 Å². The molecule has 3 N–H and O–H groups in total. The molecule has 0 unspecified atom stereocenters. The molecule has 0 fully saturated rings. The molecule has 21 heavy (non-hydrogen) atoms. The molecule has 0 aliphatic heterocycles. The smallest absolute Gasteiger partial charge is 0.258 e. The fourth-order valence-electron chi connectivity index (χ4n) is 2.06. The highest BCUT2D eigenvalue weighted by Crippen LogP contribution is 2.30. The van der Waals surface area contributed by atoms with Crippen molar-refractivity contribution in [2.45, 2.75) is 26.2 Å². The normalized spacial score (nSPS) is 11.2. The number of nitrogens with one attached hydrogen (secondary N) is 1. The Labute approximate surface area is 129 Å². The van der Waals surface area contributed by atoms with Gasteiger partial charge in [0.05, 0.1) is 17.4 Å². The van der Waals surface area contributed by atoms with Gasteiger partial charge in [0, 0.05) is 5.69 Å². The zero-order chi connectivity index (χ0) is 15.6. The Bertz CT molecular complexity index is 677. The molecule has 5 heteroatoms. The first-order valence-electron chi connectivity index (χ1n) is 6.61. The molecule has 0 radical (unpaired) electrons. The third-order valence-corrected chi connectivity index (χ3v) is 3.39. The van der Waals surface area contributed by atoms with Gasteiger partial charge in [-0.25, -0.2) is 4.98 Å². The fourth-order valence-corrected chi connectivity index (χ4v) is 2.25. The van der Waals surface area contributed by atoms with Gasteiger partial charge in [0.25, 0.3) is 5.91 Å². The second-order valence-electron chi connectivity index (χ2n) is 5.86. The van der Waals surface area contributed by atoms with Crippen molar-refractivity contribution in [2.24, 2.45) is 0 Å². The summed E-state index contributed by atoms with van der Waals surface area (Å²) in [5, 5.41) is 3.02. The van der Waals surface area contributed by atoms with Crippen molar-refractivity contribution in [2.75, 3.05) is 11.1 Å². The molecule has 0 saturated heterocycles. The lowest BCUT2D eigenvalue weighted by Crippen LogP contribution is -2.19. The molecule has 2 rings (SSSR count). The van der Waals surface area contributed by atoms with E-state index in [-0.39, 0.29) is 22.0 Å². The van der Waals surface area contributed by atoms with E-state index in [9.17, 15) is 4.79 Å². The molecule has 1 aromatic heterocycles. The lowest BCUT2D eigenvalue weighted by molar-refractivity contribution is 0.102. The highest BCUT2D eigenvalue weighted by Gasteiger charge is 2.20. The van der Waals surface area contributed by atoms with Crippen molar-refractivity contribution < 1.29 is 4.79 Å². The van der Waals surface area contributed by atoms with Crippen molar-refractivity contribution in [1.82, 2.24) is 4.98 Å². The van der Waals surface area contributed by atoms with Crippen molar-refractivity contribution >= 4 is 28.9 Å². The number of hydrogen-bond acceptors (Lipinski definition) is 3. The predicted octanol–water partition coefficient (Wildman–Crippen LogP) is 3.87. The minimum Gasteiger partial charge on any atom is -0.397 e. The summed E-state index contributed by atoms with van der Waals surface area (Å²) in [7, 11) is 0. The third kappa shape index (κ3) is 3.52. The summed E-state index contributed by atoms with van der Waals surface area (Å²) >= 11 is 5.96. The number of rotatable bonds is 2. The number of nitrogens with two attached hydrogens (primary N) is 1. The number of para-hydroxylation sites is 1. The molecule has 0 bridgehead atoms.